The van der Waals surface area contributed by atoms with Crippen LogP contribution in [0.4, 0.5) is 34.1 Å². The first-order valence-electron chi connectivity index (χ1n) is 31.2. The lowest BCUT2D eigenvalue weighted by Crippen LogP contribution is -2.27. The molecule has 88 heavy (non-hydrogen) atoms. The van der Waals surface area contributed by atoms with Gasteiger partial charge in [-0.2, -0.15) is 0 Å². The Balaban J connectivity index is 0.958. The Kier molecular flexibility index (Phi) is 10.4. The van der Waals surface area contributed by atoms with Crippen molar-refractivity contribution in [2.24, 2.45) is 0 Å². The molecule has 3 heterocycles. The Hall–Kier alpha value is -10.2. The van der Waals surface area contributed by atoms with E-state index in [2.05, 4.69) is 296 Å². The average molecular weight is 1130 g/mol. The van der Waals surface area contributed by atoms with Crippen molar-refractivity contribution in [2.45, 2.75) is 78.1 Å². The van der Waals surface area contributed by atoms with Crippen LogP contribution >= 0.6 is 0 Å². The van der Waals surface area contributed by atoms with Crippen LogP contribution in [0, 0.1) is 13.8 Å². The van der Waals surface area contributed by atoms with Gasteiger partial charge in [0.2, 0.25) is 0 Å². The summed E-state index contributed by atoms with van der Waals surface area (Å²) in [5.41, 5.74) is 26.8. The van der Waals surface area contributed by atoms with E-state index in [0.29, 0.717) is 0 Å². The molecule has 422 valence electrons. The van der Waals surface area contributed by atoms with Crippen molar-refractivity contribution in [2.75, 3.05) is 9.80 Å². The third-order valence-electron chi connectivity index (χ3n) is 20.2. The van der Waals surface area contributed by atoms with Crippen LogP contribution in [0.2, 0.25) is 0 Å². The molecule has 0 N–H and O–H groups in total. The molecular formula is C84H64N2O2. The van der Waals surface area contributed by atoms with Gasteiger partial charge in [-0.25, -0.2) is 0 Å². The predicted octanol–water partition coefficient (Wildman–Crippen LogP) is 23.3. The molecule has 1 aliphatic heterocycles. The number of furan rings is 2. The first kappa shape index (κ1) is 51.1. The van der Waals surface area contributed by atoms with Crippen molar-refractivity contribution >= 4 is 110 Å². The van der Waals surface area contributed by atoms with Crippen molar-refractivity contribution in [3.05, 3.63) is 286 Å². The summed E-state index contributed by atoms with van der Waals surface area (Å²) in [7, 11) is 0. The summed E-state index contributed by atoms with van der Waals surface area (Å²) in [5, 5.41) is 12.1. The van der Waals surface area contributed by atoms with E-state index in [-0.39, 0.29) is 10.8 Å². The first-order chi connectivity index (χ1) is 42.7. The standard InChI is InChI=1S/C84H64N2O2/c1-48-18-15-25-63-65-27-17-29-75(80(65)87-78(48)63)85(54-35-31-52(32-36-54)82(3,4)5)56-39-41-62-69-43-51-42-50-30-40-66-64-26-16-19-49(2)79(64)88-81(66)77(50)86(55-37-33-53(34-38-55)83(6,7)8)76(51)47-74(69)84(72(62)44-56)71-28-14-13-24-61(71)70-45-67-59-22-11-9-20-57(59)58-21-10-12-23-60(58)68(67)46-73(70)84/h9-41,43-47H,42H2,1-8H3. The number of fused-ring (bicyclic) bond motifs is 25. The van der Waals surface area contributed by atoms with Gasteiger partial charge in [0.15, 0.2) is 11.2 Å². The van der Waals surface area contributed by atoms with E-state index in [0.717, 1.165) is 89.9 Å². The minimum absolute atomic E-state index is 0.0221. The maximum Gasteiger partial charge on any atom is 0.159 e. The number of aryl methyl sites for hydroxylation is 2. The third-order valence-corrected chi connectivity index (χ3v) is 20.2. The fraction of sp³-hybridized carbons (Fsp3) is 0.143. The van der Waals surface area contributed by atoms with Crippen molar-refractivity contribution in [1.29, 1.82) is 0 Å². The molecule has 4 heteroatoms. The monoisotopic (exact) mass is 1130 g/mol. The van der Waals surface area contributed by atoms with Crippen LogP contribution in [0.25, 0.3) is 98.4 Å². The number of rotatable bonds is 4. The topological polar surface area (TPSA) is 32.8 Å². The molecule has 15 aromatic rings. The van der Waals surface area contributed by atoms with Crippen molar-refractivity contribution < 1.29 is 8.83 Å². The van der Waals surface area contributed by atoms with Crippen molar-refractivity contribution in [3.8, 4) is 22.3 Å². The van der Waals surface area contributed by atoms with Crippen molar-refractivity contribution in [3.63, 3.8) is 0 Å². The Morgan fingerprint density at radius 2 is 0.864 bits per heavy atom. The highest BCUT2D eigenvalue weighted by atomic mass is 16.3. The van der Waals surface area contributed by atoms with Gasteiger partial charge in [0, 0.05) is 45.0 Å². The smallest absolute Gasteiger partial charge is 0.159 e. The highest BCUT2D eigenvalue weighted by molar-refractivity contribution is 6.26. The Morgan fingerprint density at radius 3 is 1.52 bits per heavy atom. The average Bonchev–Trinajstić information content (AvgIpc) is 1.41. The Bertz CT molecular complexity index is 5530. The second kappa shape index (κ2) is 18.0. The lowest BCUT2D eigenvalue weighted by atomic mass is 9.69. The molecule has 1 atom stereocenters. The molecule has 0 saturated heterocycles. The summed E-state index contributed by atoms with van der Waals surface area (Å²) in [6.07, 6.45) is 0.747. The molecule has 13 aromatic carbocycles. The molecular weight excluding hydrogens is 1070 g/mol. The number of hydrogen-bond donors (Lipinski definition) is 0. The second-order valence-corrected chi connectivity index (χ2v) is 27.2. The molecule has 4 nitrogen and oxygen atoms in total. The van der Waals surface area contributed by atoms with Gasteiger partial charge in [-0.15, -0.1) is 0 Å². The second-order valence-electron chi connectivity index (χ2n) is 27.2. The van der Waals surface area contributed by atoms with Crippen LogP contribution in [-0.2, 0) is 22.7 Å². The van der Waals surface area contributed by atoms with Crippen LogP contribution in [0.5, 0.6) is 0 Å². The van der Waals surface area contributed by atoms with E-state index in [1.54, 1.807) is 0 Å². The summed E-state index contributed by atoms with van der Waals surface area (Å²) in [5.74, 6) is 0. The van der Waals surface area contributed by atoms with Crippen LogP contribution in [-0.4, -0.2) is 0 Å². The summed E-state index contributed by atoms with van der Waals surface area (Å²) in [6.45, 7) is 18.1. The van der Waals surface area contributed by atoms with Gasteiger partial charge in [-0.05, 0) is 202 Å². The lowest BCUT2D eigenvalue weighted by molar-refractivity contribution is 0.590. The molecule has 1 unspecified atom stereocenters. The summed E-state index contributed by atoms with van der Waals surface area (Å²) in [4.78, 5) is 5.00. The lowest BCUT2D eigenvalue weighted by Gasteiger charge is -2.36. The van der Waals surface area contributed by atoms with Crippen molar-refractivity contribution in [1.82, 2.24) is 0 Å². The van der Waals surface area contributed by atoms with Gasteiger partial charge in [-0.1, -0.05) is 205 Å². The SMILES string of the molecule is Cc1cccc2c1oc1c(N(c3ccc(C(C)(C)C)cc3)c3ccc4c(c3)C3(c5ccccc5-c5cc6c7ccccc7c7ccccc7c6cc53)c3cc5c(cc3-4)Cc3ccc4c(oc6c(C)cccc64)c3N5c3ccc(C(C)(C)C)cc3)cccc12. The highest BCUT2D eigenvalue weighted by Crippen LogP contribution is 2.66. The van der Waals surface area contributed by atoms with Crippen LogP contribution in [0.3, 0.4) is 0 Å². The minimum atomic E-state index is -0.767. The number of anilines is 6. The molecule has 0 bridgehead atoms. The summed E-state index contributed by atoms with van der Waals surface area (Å²) in [6, 6.07) is 87.9. The molecule has 18 rings (SSSR count). The third kappa shape index (κ3) is 6.97. The van der Waals surface area contributed by atoms with Crippen LogP contribution in [0.15, 0.2) is 239 Å². The van der Waals surface area contributed by atoms with E-state index in [9.17, 15) is 0 Å². The molecule has 0 fully saturated rings. The zero-order chi connectivity index (χ0) is 59.3. The van der Waals surface area contributed by atoms with Crippen LogP contribution in [0.1, 0.15) is 97.2 Å². The number of benzene rings is 13. The van der Waals surface area contributed by atoms with E-state index in [1.807, 2.05) is 0 Å². The molecule has 2 aromatic heterocycles. The quantitative estimate of drug-likeness (QED) is 0.164. The van der Waals surface area contributed by atoms with Gasteiger partial charge in [0.1, 0.15) is 11.2 Å². The molecule has 0 saturated carbocycles. The Morgan fingerprint density at radius 1 is 0.364 bits per heavy atom. The number of para-hydroxylation sites is 3. The van der Waals surface area contributed by atoms with Gasteiger partial charge >= 0.3 is 0 Å². The van der Waals surface area contributed by atoms with Gasteiger partial charge in [0.25, 0.3) is 0 Å². The number of nitrogens with zero attached hydrogens (tertiary/aromatic N) is 2. The molecule has 2 aliphatic carbocycles. The fourth-order valence-corrected chi connectivity index (χ4v) is 15.9. The molecule has 0 amide bonds. The van der Waals surface area contributed by atoms with Gasteiger partial charge < -0.3 is 18.6 Å². The molecule has 1 spiro atoms. The molecule has 0 radical (unpaired) electrons. The van der Waals surface area contributed by atoms with Gasteiger partial charge in [0.05, 0.1) is 22.5 Å². The molecule has 3 aliphatic rings. The summed E-state index contributed by atoms with van der Waals surface area (Å²) >= 11 is 0. The zero-order valence-electron chi connectivity index (χ0n) is 50.9. The van der Waals surface area contributed by atoms with E-state index in [1.165, 1.54) is 105 Å². The van der Waals surface area contributed by atoms with E-state index < -0.39 is 5.41 Å². The largest absolute Gasteiger partial charge is 0.454 e. The maximum absolute atomic E-state index is 7.19. The zero-order valence-corrected chi connectivity index (χ0v) is 50.9. The number of hydrogen-bond acceptors (Lipinski definition) is 4. The maximum atomic E-state index is 7.19. The fourth-order valence-electron chi connectivity index (χ4n) is 15.9. The van der Waals surface area contributed by atoms with Crippen LogP contribution < -0.4 is 9.80 Å². The van der Waals surface area contributed by atoms with Gasteiger partial charge in [-0.3, -0.25) is 0 Å². The highest BCUT2D eigenvalue weighted by Gasteiger charge is 2.53. The normalized spacial score (nSPS) is 15.0. The van der Waals surface area contributed by atoms with E-state index >= 15 is 0 Å². The summed E-state index contributed by atoms with van der Waals surface area (Å²) < 4.78 is 14.3. The van der Waals surface area contributed by atoms with E-state index in [4.69, 9.17) is 8.83 Å². The minimum Gasteiger partial charge on any atom is -0.454 e. The predicted molar refractivity (Wildman–Crippen MR) is 369 cm³/mol. The first-order valence-corrected chi connectivity index (χ1v) is 31.2. The Labute approximate surface area is 512 Å².